The van der Waals surface area contributed by atoms with Crippen LogP contribution < -0.4 is 16.4 Å². The van der Waals surface area contributed by atoms with Gasteiger partial charge in [-0.2, -0.15) is 5.10 Å². The second-order valence-electron chi connectivity index (χ2n) is 4.08. The van der Waals surface area contributed by atoms with Crippen molar-refractivity contribution in [2.45, 2.75) is 32.7 Å². The maximum absolute atomic E-state index is 11.6. The van der Waals surface area contributed by atoms with E-state index in [9.17, 15) is 9.59 Å². The summed E-state index contributed by atoms with van der Waals surface area (Å²) in [5.74, 6) is -0.441. The van der Waals surface area contributed by atoms with Gasteiger partial charge >= 0.3 is 0 Å². The molecular formula is C11H19N5O2. The Balaban J connectivity index is 2.28. The van der Waals surface area contributed by atoms with Gasteiger partial charge in [-0.25, -0.2) is 0 Å². The van der Waals surface area contributed by atoms with E-state index in [4.69, 9.17) is 5.73 Å². The lowest BCUT2D eigenvalue weighted by atomic mass is 10.2. The van der Waals surface area contributed by atoms with E-state index in [1.165, 1.54) is 6.20 Å². The fourth-order valence-corrected chi connectivity index (χ4v) is 1.30. The molecule has 5 N–H and O–H groups in total. The Labute approximate surface area is 106 Å². The maximum Gasteiger partial charge on any atom is 0.271 e. The Morgan fingerprint density at radius 2 is 2.28 bits per heavy atom. The molecule has 1 heterocycles. The molecule has 1 unspecified atom stereocenters. The van der Waals surface area contributed by atoms with Gasteiger partial charge < -0.3 is 16.4 Å². The lowest BCUT2D eigenvalue weighted by Gasteiger charge is -2.11. The third kappa shape index (κ3) is 4.08. The normalized spacial score (nSPS) is 11.9. The van der Waals surface area contributed by atoms with E-state index < -0.39 is 0 Å². The summed E-state index contributed by atoms with van der Waals surface area (Å²) in [5.41, 5.74) is 6.03. The molecule has 7 nitrogen and oxygen atoms in total. The molecule has 1 aromatic rings. The highest BCUT2D eigenvalue weighted by Crippen LogP contribution is 2.04. The minimum absolute atomic E-state index is 0.0813. The molecule has 1 rings (SSSR count). The molecule has 0 aliphatic carbocycles. The van der Waals surface area contributed by atoms with Crippen LogP contribution in [0.4, 0.5) is 5.69 Å². The van der Waals surface area contributed by atoms with Gasteiger partial charge in [0.25, 0.3) is 5.91 Å². The number of hydrogen-bond donors (Lipinski definition) is 4. The van der Waals surface area contributed by atoms with E-state index in [1.807, 2.05) is 13.8 Å². The number of nitrogens with one attached hydrogen (secondary N) is 3. The van der Waals surface area contributed by atoms with Gasteiger partial charge in [-0.05, 0) is 13.3 Å². The van der Waals surface area contributed by atoms with Crippen LogP contribution in [0.1, 0.15) is 37.2 Å². The zero-order valence-electron chi connectivity index (χ0n) is 10.6. The van der Waals surface area contributed by atoms with Gasteiger partial charge in [-0.1, -0.05) is 6.92 Å². The quantitative estimate of drug-likeness (QED) is 0.572. The zero-order chi connectivity index (χ0) is 13.5. The molecule has 100 valence electrons. The highest BCUT2D eigenvalue weighted by Gasteiger charge is 2.12. The number of H-pyrrole nitrogens is 1. The second-order valence-corrected chi connectivity index (χ2v) is 4.08. The molecule has 2 amide bonds. The highest BCUT2D eigenvalue weighted by atomic mass is 16.2. The lowest BCUT2D eigenvalue weighted by Crippen LogP contribution is -2.35. The Morgan fingerprint density at radius 3 is 2.83 bits per heavy atom. The van der Waals surface area contributed by atoms with Crippen molar-refractivity contribution in [2.75, 3.05) is 12.3 Å². The van der Waals surface area contributed by atoms with Gasteiger partial charge in [0.1, 0.15) is 5.69 Å². The number of hydrogen-bond acceptors (Lipinski definition) is 4. The SMILES string of the molecule is CCC(C)NC(=O)CCNC(=O)c1[nH]ncc1N. The van der Waals surface area contributed by atoms with Crippen molar-refractivity contribution in [2.24, 2.45) is 0 Å². The van der Waals surface area contributed by atoms with Crippen LogP contribution in [0.15, 0.2) is 6.20 Å². The first-order valence-corrected chi connectivity index (χ1v) is 5.91. The van der Waals surface area contributed by atoms with Crippen LogP contribution in [0.25, 0.3) is 0 Å². The number of rotatable bonds is 6. The van der Waals surface area contributed by atoms with Gasteiger partial charge in [0, 0.05) is 19.0 Å². The first kappa shape index (κ1) is 14.0. The topological polar surface area (TPSA) is 113 Å². The number of anilines is 1. The van der Waals surface area contributed by atoms with Crippen LogP contribution in [0.3, 0.4) is 0 Å². The highest BCUT2D eigenvalue weighted by molar-refractivity contribution is 5.97. The minimum Gasteiger partial charge on any atom is -0.396 e. The molecule has 0 aliphatic rings. The van der Waals surface area contributed by atoms with E-state index in [2.05, 4.69) is 20.8 Å². The Morgan fingerprint density at radius 1 is 1.56 bits per heavy atom. The van der Waals surface area contributed by atoms with Crippen LogP contribution in [-0.2, 0) is 4.79 Å². The van der Waals surface area contributed by atoms with Crippen molar-refractivity contribution in [3.8, 4) is 0 Å². The molecular weight excluding hydrogens is 234 g/mol. The Kier molecular flexibility index (Phi) is 5.16. The fourth-order valence-electron chi connectivity index (χ4n) is 1.30. The monoisotopic (exact) mass is 253 g/mol. The number of nitrogens with two attached hydrogens (primary N) is 1. The Bertz CT molecular complexity index is 415. The first-order chi connectivity index (χ1) is 8.54. The standard InChI is InChI=1S/C11H19N5O2/c1-3-7(2)15-9(17)4-5-13-11(18)10-8(12)6-14-16-10/h6-7H,3-5,12H2,1-2H3,(H,13,18)(H,14,16)(H,15,17). The predicted octanol–water partition coefficient (Wildman–Crippen LogP) is 0.0265. The van der Waals surface area contributed by atoms with E-state index >= 15 is 0 Å². The maximum atomic E-state index is 11.6. The smallest absolute Gasteiger partial charge is 0.271 e. The largest absolute Gasteiger partial charge is 0.396 e. The number of carbonyl (C=O) groups is 2. The summed E-state index contributed by atoms with van der Waals surface area (Å²) < 4.78 is 0. The van der Waals surface area contributed by atoms with Crippen LogP contribution in [-0.4, -0.2) is 34.6 Å². The zero-order valence-corrected chi connectivity index (χ0v) is 10.6. The van der Waals surface area contributed by atoms with Crippen LogP contribution >= 0.6 is 0 Å². The molecule has 18 heavy (non-hydrogen) atoms. The molecule has 0 spiro atoms. The van der Waals surface area contributed by atoms with E-state index in [1.54, 1.807) is 0 Å². The molecule has 0 saturated carbocycles. The summed E-state index contributed by atoms with van der Waals surface area (Å²) in [6.45, 7) is 4.19. The van der Waals surface area contributed by atoms with Gasteiger partial charge in [0.05, 0.1) is 11.9 Å². The molecule has 0 fully saturated rings. The van der Waals surface area contributed by atoms with E-state index in [0.29, 0.717) is 0 Å². The fraction of sp³-hybridized carbons (Fsp3) is 0.545. The number of amides is 2. The molecule has 0 aromatic carbocycles. The second kappa shape index (κ2) is 6.63. The van der Waals surface area contributed by atoms with Crippen molar-refractivity contribution in [3.05, 3.63) is 11.9 Å². The van der Waals surface area contributed by atoms with E-state index in [-0.39, 0.29) is 42.2 Å². The summed E-state index contributed by atoms with van der Waals surface area (Å²) in [6.07, 6.45) is 2.48. The van der Waals surface area contributed by atoms with Crippen LogP contribution in [0, 0.1) is 0 Å². The predicted molar refractivity (Wildman–Crippen MR) is 67.8 cm³/mol. The molecule has 0 bridgehead atoms. The number of aromatic nitrogens is 2. The molecule has 7 heteroatoms. The van der Waals surface area contributed by atoms with Crippen molar-refractivity contribution in [1.29, 1.82) is 0 Å². The third-order valence-corrected chi connectivity index (χ3v) is 2.55. The molecule has 1 atom stereocenters. The molecule has 0 saturated heterocycles. The molecule has 1 aromatic heterocycles. The summed E-state index contributed by atoms with van der Waals surface area (Å²) in [6, 6.07) is 0.149. The number of nitrogen functional groups attached to an aromatic ring is 1. The van der Waals surface area contributed by atoms with Crippen molar-refractivity contribution >= 4 is 17.5 Å². The average molecular weight is 253 g/mol. The minimum atomic E-state index is -0.360. The van der Waals surface area contributed by atoms with Crippen LogP contribution in [0.2, 0.25) is 0 Å². The summed E-state index contributed by atoms with van der Waals surface area (Å²) in [5, 5.41) is 11.6. The first-order valence-electron chi connectivity index (χ1n) is 5.91. The van der Waals surface area contributed by atoms with Gasteiger partial charge in [-0.3, -0.25) is 14.7 Å². The summed E-state index contributed by atoms with van der Waals surface area (Å²) in [7, 11) is 0. The van der Waals surface area contributed by atoms with Crippen molar-refractivity contribution in [3.63, 3.8) is 0 Å². The summed E-state index contributed by atoms with van der Waals surface area (Å²) >= 11 is 0. The van der Waals surface area contributed by atoms with Crippen molar-refractivity contribution < 1.29 is 9.59 Å². The summed E-state index contributed by atoms with van der Waals surface area (Å²) in [4.78, 5) is 23.0. The van der Waals surface area contributed by atoms with Gasteiger partial charge in [0.2, 0.25) is 5.91 Å². The number of nitrogens with zero attached hydrogens (tertiary/aromatic N) is 1. The van der Waals surface area contributed by atoms with Crippen molar-refractivity contribution in [1.82, 2.24) is 20.8 Å². The van der Waals surface area contributed by atoms with Gasteiger partial charge in [0.15, 0.2) is 0 Å². The third-order valence-electron chi connectivity index (χ3n) is 2.55. The van der Waals surface area contributed by atoms with Gasteiger partial charge in [-0.15, -0.1) is 0 Å². The average Bonchev–Trinajstić information content (AvgIpc) is 2.75. The number of aromatic amines is 1. The lowest BCUT2D eigenvalue weighted by molar-refractivity contribution is -0.121. The molecule has 0 aliphatic heterocycles. The molecule has 0 radical (unpaired) electrons. The van der Waals surface area contributed by atoms with Crippen LogP contribution in [0.5, 0.6) is 0 Å². The van der Waals surface area contributed by atoms with E-state index in [0.717, 1.165) is 6.42 Å². The number of carbonyl (C=O) groups excluding carboxylic acids is 2. The Hall–Kier alpha value is -2.05.